The molecular weight excluding hydrogens is 620 g/mol. The van der Waals surface area contributed by atoms with Crippen LogP contribution < -0.4 is 21.3 Å². The summed E-state index contributed by atoms with van der Waals surface area (Å²) in [7, 11) is 0. The zero-order chi connectivity index (χ0) is 35.3. The molecule has 2 bridgehead atoms. The highest BCUT2D eigenvalue weighted by Gasteiger charge is 2.29. The van der Waals surface area contributed by atoms with E-state index in [2.05, 4.69) is 27.3 Å². The number of nitriles is 1. The Hall–Kier alpha value is -5.50. The first-order valence-electron chi connectivity index (χ1n) is 16.7. The highest BCUT2D eigenvalue weighted by molar-refractivity contribution is 5.99. The van der Waals surface area contributed by atoms with Crippen LogP contribution in [0.4, 0.5) is 0 Å². The number of rotatable bonds is 5. The Morgan fingerprint density at radius 1 is 0.857 bits per heavy atom. The lowest BCUT2D eigenvalue weighted by Gasteiger charge is -2.25. The van der Waals surface area contributed by atoms with Gasteiger partial charge in [0.05, 0.1) is 11.6 Å². The van der Waals surface area contributed by atoms with Gasteiger partial charge in [-0.1, -0.05) is 62.4 Å². The van der Waals surface area contributed by atoms with Crippen molar-refractivity contribution in [3.05, 3.63) is 107 Å². The second kappa shape index (κ2) is 17.6. The molecule has 0 saturated carbocycles. The van der Waals surface area contributed by atoms with Crippen molar-refractivity contribution in [3.8, 4) is 6.07 Å². The molecule has 0 unspecified atom stereocenters. The second-order valence-electron chi connectivity index (χ2n) is 12.8. The summed E-state index contributed by atoms with van der Waals surface area (Å²) >= 11 is 0. The average molecular weight is 665 g/mol. The molecule has 2 aliphatic heterocycles. The first-order chi connectivity index (χ1) is 23.5. The fourth-order valence-electron chi connectivity index (χ4n) is 5.59. The molecule has 49 heavy (non-hydrogen) atoms. The van der Waals surface area contributed by atoms with E-state index in [-0.39, 0.29) is 30.7 Å². The number of nitrogens with one attached hydrogen (secondary N) is 4. The molecule has 0 aliphatic carbocycles. The van der Waals surface area contributed by atoms with Gasteiger partial charge in [-0.25, -0.2) is 0 Å². The van der Waals surface area contributed by atoms with Gasteiger partial charge >= 0.3 is 0 Å². The van der Waals surface area contributed by atoms with Crippen molar-refractivity contribution in [3.63, 3.8) is 0 Å². The Morgan fingerprint density at radius 2 is 1.57 bits per heavy atom. The van der Waals surface area contributed by atoms with Gasteiger partial charge in [-0.2, -0.15) is 5.26 Å². The van der Waals surface area contributed by atoms with Gasteiger partial charge in [0.25, 0.3) is 11.8 Å². The first-order valence-corrected chi connectivity index (χ1v) is 16.7. The lowest BCUT2D eigenvalue weighted by atomic mass is 10.0. The third-order valence-corrected chi connectivity index (χ3v) is 8.27. The smallest absolute Gasteiger partial charge is 0.254 e. The minimum atomic E-state index is -0.996. The minimum Gasteiger partial charge on any atom is -0.354 e. The van der Waals surface area contributed by atoms with E-state index in [1.54, 1.807) is 60.4 Å². The van der Waals surface area contributed by atoms with Gasteiger partial charge in [0.1, 0.15) is 18.1 Å². The third kappa shape index (κ3) is 10.8. The Morgan fingerprint density at radius 3 is 2.27 bits per heavy atom. The fraction of sp³-hybridized carbons (Fsp3) is 0.368. The van der Waals surface area contributed by atoms with Crippen molar-refractivity contribution >= 4 is 29.5 Å². The molecule has 0 saturated heterocycles. The summed E-state index contributed by atoms with van der Waals surface area (Å²) in [5.74, 6) is -2.05. The van der Waals surface area contributed by atoms with Gasteiger partial charge in [-0.3, -0.25) is 24.0 Å². The molecule has 2 aliphatic rings. The van der Waals surface area contributed by atoms with Crippen molar-refractivity contribution in [1.82, 2.24) is 26.2 Å². The van der Waals surface area contributed by atoms with E-state index in [4.69, 9.17) is 0 Å². The molecule has 0 radical (unpaired) electrons. The minimum absolute atomic E-state index is 0.0528. The van der Waals surface area contributed by atoms with Gasteiger partial charge in [0.15, 0.2) is 0 Å². The molecule has 4 N–H and O–H groups in total. The quantitative estimate of drug-likeness (QED) is 0.306. The highest BCUT2D eigenvalue weighted by Crippen LogP contribution is 2.15. The Balaban J connectivity index is 1.63. The normalized spacial score (nSPS) is 19.9. The lowest BCUT2D eigenvalue weighted by Crippen LogP contribution is -2.57. The predicted octanol–water partition coefficient (Wildman–Crippen LogP) is 3.49. The zero-order valence-electron chi connectivity index (χ0n) is 28.2. The number of fused-ring (bicyclic) bond motifs is 18. The molecule has 3 atom stereocenters. The van der Waals surface area contributed by atoms with Crippen LogP contribution >= 0.6 is 0 Å². The lowest BCUT2D eigenvalue weighted by molar-refractivity contribution is -0.132. The molecule has 11 nitrogen and oxygen atoms in total. The molecule has 256 valence electrons. The first kappa shape index (κ1) is 36.3. The third-order valence-electron chi connectivity index (χ3n) is 8.27. The van der Waals surface area contributed by atoms with Gasteiger partial charge in [-0.05, 0) is 73.6 Å². The summed E-state index contributed by atoms with van der Waals surface area (Å²) in [6.07, 6.45) is 1.67. The molecule has 11 heteroatoms. The summed E-state index contributed by atoms with van der Waals surface area (Å²) in [5.41, 5.74) is 2.70. The van der Waals surface area contributed by atoms with Crippen LogP contribution in [0.2, 0.25) is 0 Å². The summed E-state index contributed by atoms with van der Waals surface area (Å²) in [4.78, 5) is 68.8. The van der Waals surface area contributed by atoms with Crippen LogP contribution in [0.25, 0.3) is 0 Å². The summed E-state index contributed by atoms with van der Waals surface area (Å²) in [5, 5.41) is 20.6. The van der Waals surface area contributed by atoms with Crippen LogP contribution in [0.3, 0.4) is 0 Å². The van der Waals surface area contributed by atoms with E-state index in [1.807, 2.05) is 44.2 Å². The molecule has 5 amide bonds. The van der Waals surface area contributed by atoms with Crippen LogP contribution in [-0.4, -0.2) is 65.7 Å². The van der Waals surface area contributed by atoms with Crippen LogP contribution in [-0.2, 0) is 27.3 Å². The molecule has 3 aromatic carbocycles. The van der Waals surface area contributed by atoms with E-state index < -0.39 is 35.8 Å². The van der Waals surface area contributed by atoms with E-state index in [0.717, 1.165) is 11.1 Å². The Kier molecular flexibility index (Phi) is 13.0. The maximum Gasteiger partial charge on any atom is 0.254 e. The van der Waals surface area contributed by atoms with E-state index in [1.165, 1.54) is 0 Å². The topological polar surface area (TPSA) is 160 Å². The number of amides is 5. The molecule has 0 spiro atoms. The molecule has 5 rings (SSSR count). The van der Waals surface area contributed by atoms with Crippen LogP contribution in [0.5, 0.6) is 0 Å². The number of carbonyl (C=O) groups is 5. The number of benzene rings is 3. The Labute approximate surface area is 287 Å². The number of hydrogen-bond acceptors (Lipinski definition) is 6. The van der Waals surface area contributed by atoms with Crippen LogP contribution in [0, 0.1) is 17.2 Å². The van der Waals surface area contributed by atoms with Crippen molar-refractivity contribution in [1.29, 1.82) is 5.26 Å². The van der Waals surface area contributed by atoms with Crippen molar-refractivity contribution in [2.24, 2.45) is 5.92 Å². The predicted molar refractivity (Wildman–Crippen MR) is 185 cm³/mol. The van der Waals surface area contributed by atoms with Crippen molar-refractivity contribution in [2.45, 2.75) is 71.1 Å². The van der Waals surface area contributed by atoms with E-state index >= 15 is 0 Å². The largest absolute Gasteiger partial charge is 0.354 e. The number of carbonyl (C=O) groups excluding carboxylic acids is 5. The summed E-state index contributed by atoms with van der Waals surface area (Å²) in [6.45, 7) is 6.41. The standard InChI is InChI=1S/C38H44N6O5/c1-25(2)20-32-36(47)41-26(3)34(45)40-18-7-8-19-44(38(49)31-13-9-12-29(21-31)23-39)24-28-14-16-30(17-15-28)35(46)42-33(37(48)43-32)22-27-10-5-4-6-11-27/h4-6,9-17,21,25-26,32-33H,7-8,18-20,22,24H2,1-3H3,(H,40,45)(H,41,47)(H,42,46)(H,43,48)/t26-,32+,33-/m1/s1. The average Bonchev–Trinajstić information content (AvgIpc) is 3.10. The molecule has 3 aromatic rings. The maximum atomic E-state index is 13.7. The van der Waals surface area contributed by atoms with Crippen molar-refractivity contribution in [2.75, 3.05) is 13.1 Å². The molecule has 0 aromatic heterocycles. The van der Waals surface area contributed by atoms with Crippen LogP contribution in [0.1, 0.15) is 77.4 Å². The van der Waals surface area contributed by atoms with E-state index in [9.17, 15) is 29.2 Å². The monoisotopic (exact) mass is 664 g/mol. The van der Waals surface area contributed by atoms with Gasteiger partial charge in [0.2, 0.25) is 17.7 Å². The molecular formula is C38H44N6O5. The Bertz CT molecular complexity index is 1670. The summed E-state index contributed by atoms with van der Waals surface area (Å²) < 4.78 is 0. The summed E-state index contributed by atoms with van der Waals surface area (Å²) in [6, 6.07) is 21.9. The maximum absolute atomic E-state index is 13.7. The van der Waals surface area contributed by atoms with E-state index in [0.29, 0.717) is 49.0 Å². The molecule has 2 heterocycles. The van der Waals surface area contributed by atoms with Crippen molar-refractivity contribution < 1.29 is 24.0 Å². The van der Waals surface area contributed by atoms with Gasteiger partial charge in [-0.15, -0.1) is 0 Å². The van der Waals surface area contributed by atoms with Gasteiger partial charge in [0, 0.05) is 37.2 Å². The highest BCUT2D eigenvalue weighted by atomic mass is 16.2. The number of nitrogens with zero attached hydrogens (tertiary/aromatic N) is 2. The second-order valence-corrected chi connectivity index (χ2v) is 12.8. The molecule has 0 fully saturated rings. The zero-order valence-corrected chi connectivity index (χ0v) is 28.2. The fourth-order valence-corrected chi connectivity index (χ4v) is 5.59. The van der Waals surface area contributed by atoms with Gasteiger partial charge < -0.3 is 26.2 Å². The van der Waals surface area contributed by atoms with Crippen LogP contribution in [0.15, 0.2) is 78.9 Å². The number of hydrogen-bond donors (Lipinski definition) is 4. The SMILES string of the molecule is CC(C)C[C@@H]1NC(=O)[C@@H](Cc2ccccc2)NC(=O)c2ccc(cc2)CN(C(=O)c2cccc(C#N)c2)CCCCNC(=O)[C@@H](C)NC1=O.